The number of benzene rings is 1. The number of H-pyrrole nitrogens is 2. The lowest BCUT2D eigenvalue weighted by atomic mass is 10.1. The molecule has 0 aliphatic carbocycles. The molecule has 1 aromatic carbocycles. The van der Waals surface area contributed by atoms with Gasteiger partial charge in [0.2, 0.25) is 5.91 Å². The van der Waals surface area contributed by atoms with Gasteiger partial charge < -0.3 is 19.6 Å². The van der Waals surface area contributed by atoms with E-state index in [1.807, 2.05) is 11.1 Å². The van der Waals surface area contributed by atoms with Gasteiger partial charge in [0.15, 0.2) is 0 Å². The van der Waals surface area contributed by atoms with Crippen molar-refractivity contribution in [1.29, 1.82) is 0 Å². The minimum absolute atomic E-state index is 0.0346. The summed E-state index contributed by atoms with van der Waals surface area (Å²) in [7, 11) is 1.70. The van der Waals surface area contributed by atoms with Crippen molar-refractivity contribution in [2.24, 2.45) is 0 Å². The maximum Gasteiger partial charge on any atom is 0.223 e. The maximum atomic E-state index is 12.9. The predicted octanol–water partition coefficient (Wildman–Crippen LogP) is 3.12. The van der Waals surface area contributed by atoms with Gasteiger partial charge in [-0.15, -0.1) is 0 Å². The van der Waals surface area contributed by atoms with Crippen molar-refractivity contribution in [1.82, 2.24) is 19.9 Å². The molecule has 0 bridgehead atoms. The molecular weight excluding hydrogens is 328 g/mol. The number of methoxy groups -OCH3 is 1. The molecule has 0 spiro atoms. The Morgan fingerprint density at radius 3 is 3.04 bits per heavy atom. The molecule has 1 amide bonds. The van der Waals surface area contributed by atoms with Crippen LogP contribution in [0.3, 0.4) is 0 Å². The van der Waals surface area contributed by atoms with Crippen molar-refractivity contribution in [2.45, 2.75) is 38.3 Å². The molecule has 1 unspecified atom stereocenters. The van der Waals surface area contributed by atoms with Crippen LogP contribution >= 0.6 is 0 Å². The molecule has 2 aromatic heterocycles. The number of aryl methyl sites for hydroxylation is 2. The lowest BCUT2D eigenvalue weighted by Crippen LogP contribution is -2.32. The molecule has 2 atom stereocenters. The van der Waals surface area contributed by atoms with Crippen LogP contribution in [0, 0.1) is 6.92 Å². The second-order valence-electron chi connectivity index (χ2n) is 6.94. The Kier molecular flexibility index (Phi) is 4.51. The fourth-order valence-corrected chi connectivity index (χ4v) is 3.92. The number of amides is 1. The van der Waals surface area contributed by atoms with E-state index in [2.05, 4.69) is 40.1 Å². The summed E-state index contributed by atoms with van der Waals surface area (Å²) in [6.07, 6.45) is 7.60. The monoisotopic (exact) mass is 352 g/mol. The average Bonchev–Trinajstić information content (AvgIpc) is 3.38. The van der Waals surface area contributed by atoms with E-state index in [9.17, 15) is 4.79 Å². The van der Waals surface area contributed by atoms with Gasteiger partial charge >= 0.3 is 0 Å². The summed E-state index contributed by atoms with van der Waals surface area (Å²) in [5.74, 6) is 0.980. The van der Waals surface area contributed by atoms with E-state index >= 15 is 0 Å². The average molecular weight is 352 g/mol. The second kappa shape index (κ2) is 6.96. The molecule has 4 rings (SSSR count). The predicted molar refractivity (Wildman–Crippen MR) is 99.8 cm³/mol. The van der Waals surface area contributed by atoms with Gasteiger partial charge in [-0.1, -0.05) is 18.2 Å². The Bertz CT molecular complexity index is 900. The first-order valence-corrected chi connectivity index (χ1v) is 9.04. The van der Waals surface area contributed by atoms with Crippen LogP contribution in [-0.2, 0) is 16.0 Å². The van der Waals surface area contributed by atoms with Crippen molar-refractivity contribution in [3.05, 3.63) is 53.7 Å². The molecule has 0 radical (unpaired) electrons. The number of carbonyl (C=O) groups is 1. The number of aromatic amines is 2. The first kappa shape index (κ1) is 16.8. The van der Waals surface area contributed by atoms with E-state index in [0.29, 0.717) is 13.0 Å². The smallest absolute Gasteiger partial charge is 0.223 e. The van der Waals surface area contributed by atoms with Gasteiger partial charge in [0.05, 0.1) is 12.1 Å². The number of imidazole rings is 1. The number of likely N-dealkylation sites (tertiary alicyclic amines) is 1. The van der Waals surface area contributed by atoms with Crippen LogP contribution in [0.5, 0.6) is 0 Å². The van der Waals surface area contributed by atoms with Crippen LogP contribution in [0.4, 0.5) is 0 Å². The van der Waals surface area contributed by atoms with E-state index in [1.165, 1.54) is 16.5 Å². The molecule has 1 saturated heterocycles. The first-order chi connectivity index (χ1) is 12.7. The molecule has 3 heterocycles. The normalized spacial score (nSPS) is 20.2. The van der Waals surface area contributed by atoms with E-state index in [0.717, 1.165) is 24.2 Å². The molecule has 26 heavy (non-hydrogen) atoms. The van der Waals surface area contributed by atoms with Crippen LogP contribution in [0.1, 0.15) is 35.8 Å². The number of hydrogen-bond donors (Lipinski definition) is 2. The first-order valence-electron chi connectivity index (χ1n) is 9.04. The number of ether oxygens (including phenoxy) is 1. The van der Waals surface area contributed by atoms with E-state index in [1.54, 1.807) is 19.5 Å². The Morgan fingerprint density at radius 2 is 2.27 bits per heavy atom. The van der Waals surface area contributed by atoms with Crippen LogP contribution < -0.4 is 0 Å². The second-order valence-corrected chi connectivity index (χ2v) is 6.94. The summed E-state index contributed by atoms with van der Waals surface area (Å²) in [5, 5.41) is 1.21. The lowest BCUT2D eigenvalue weighted by molar-refractivity contribution is -0.132. The molecule has 6 nitrogen and oxygen atoms in total. The van der Waals surface area contributed by atoms with Crippen molar-refractivity contribution in [2.75, 3.05) is 13.7 Å². The van der Waals surface area contributed by atoms with Gasteiger partial charge in [-0.3, -0.25) is 4.79 Å². The standard InChI is InChI=1S/C20H24N4O2/c1-13-4-3-5-16-14(11-23-19(13)16)6-7-18(25)24-12-15(26-2)10-17(24)20-21-8-9-22-20/h3-5,8-9,11,15,17,23H,6-7,10,12H2,1-2H3,(H,21,22)/t15-,17?/m1/s1. The lowest BCUT2D eigenvalue weighted by Gasteiger charge is -2.23. The zero-order chi connectivity index (χ0) is 18.1. The third kappa shape index (κ3) is 3.01. The number of hydrogen-bond acceptors (Lipinski definition) is 3. The molecule has 0 saturated carbocycles. The van der Waals surface area contributed by atoms with Gasteiger partial charge in [0, 0.05) is 56.0 Å². The van der Waals surface area contributed by atoms with E-state index < -0.39 is 0 Å². The summed E-state index contributed by atoms with van der Waals surface area (Å²) < 4.78 is 5.50. The summed E-state index contributed by atoms with van der Waals surface area (Å²) >= 11 is 0. The Morgan fingerprint density at radius 1 is 1.38 bits per heavy atom. The number of rotatable bonds is 5. The van der Waals surface area contributed by atoms with Crippen LogP contribution in [0.15, 0.2) is 36.8 Å². The minimum Gasteiger partial charge on any atom is -0.380 e. The maximum absolute atomic E-state index is 12.9. The van der Waals surface area contributed by atoms with Crippen LogP contribution in [-0.4, -0.2) is 45.5 Å². The molecule has 6 heteroatoms. The fraction of sp³-hybridized carbons (Fsp3) is 0.400. The molecular formula is C20H24N4O2. The van der Waals surface area contributed by atoms with Gasteiger partial charge in [-0.2, -0.15) is 0 Å². The summed E-state index contributed by atoms with van der Waals surface area (Å²) in [6.45, 7) is 2.71. The third-order valence-corrected chi connectivity index (χ3v) is 5.37. The number of nitrogens with zero attached hydrogens (tertiary/aromatic N) is 2. The largest absolute Gasteiger partial charge is 0.380 e. The topological polar surface area (TPSA) is 74.0 Å². The quantitative estimate of drug-likeness (QED) is 0.741. The van der Waals surface area contributed by atoms with Gasteiger partial charge in [0.25, 0.3) is 0 Å². The van der Waals surface area contributed by atoms with Crippen LogP contribution in [0.25, 0.3) is 10.9 Å². The number of para-hydroxylation sites is 1. The fourth-order valence-electron chi connectivity index (χ4n) is 3.92. The SMILES string of the molecule is CO[C@@H]1CC(c2ncc[nH]2)N(C(=O)CCc2c[nH]c3c(C)cccc23)C1. The highest BCUT2D eigenvalue weighted by Gasteiger charge is 2.37. The highest BCUT2D eigenvalue weighted by atomic mass is 16.5. The summed E-state index contributed by atoms with van der Waals surface area (Å²) in [5.41, 5.74) is 3.57. The van der Waals surface area contributed by atoms with Gasteiger partial charge in [-0.05, 0) is 24.5 Å². The van der Waals surface area contributed by atoms with E-state index in [-0.39, 0.29) is 18.1 Å². The van der Waals surface area contributed by atoms with E-state index in [4.69, 9.17) is 4.74 Å². The Hall–Kier alpha value is -2.60. The molecule has 1 aliphatic rings. The Labute approximate surface area is 152 Å². The molecule has 1 aliphatic heterocycles. The number of carbonyl (C=O) groups excluding carboxylic acids is 1. The van der Waals surface area contributed by atoms with Gasteiger partial charge in [0.1, 0.15) is 5.82 Å². The molecule has 136 valence electrons. The third-order valence-electron chi connectivity index (χ3n) is 5.37. The summed E-state index contributed by atoms with van der Waals surface area (Å²) in [6, 6.07) is 6.23. The Balaban J connectivity index is 1.49. The van der Waals surface area contributed by atoms with Crippen molar-refractivity contribution in [3.8, 4) is 0 Å². The van der Waals surface area contributed by atoms with Crippen LogP contribution in [0.2, 0.25) is 0 Å². The highest BCUT2D eigenvalue weighted by Crippen LogP contribution is 2.32. The number of nitrogens with one attached hydrogen (secondary N) is 2. The van der Waals surface area contributed by atoms with Crippen molar-refractivity contribution in [3.63, 3.8) is 0 Å². The zero-order valence-electron chi connectivity index (χ0n) is 15.2. The summed E-state index contributed by atoms with van der Waals surface area (Å²) in [4.78, 5) is 25.7. The molecule has 1 fully saturated rings. The van der Waals surface area contributed by atoms with Crippen molar-refractivity contribution >= 4 is 16.8 Å². The zero-order valence-corrected chi connectivity index (χ0v) is 15.2. The van der Waals surface area contributed by atoms with Crippen molar-refractivity contribution < 1.29 is 9.53 Å². The van der Waals surface area contributed by atoms with Gasteiger partial charge in [-0.25, -0.2) is 4.98 Å². The number of fused-ring (bicyclic) bond motifs is 1. The minimum atomic E-state index is -0.0346. The molecule has 3 aromatic rings. The number of aromatic nitrogens is 3. The highest BCUT2D eigenvalue weighted by molar-refractivity contribution is 5.86. The molecule has 2 N–H and O–H groups in total.